The number of hydrazine groups is 1. The van der Waals surface area contributed by atoms with E-state index in [0.29, 0.717) is 6.04 Å². The smallest absolute Gasteiger partial charge is 0.171 e. The molecule has 1 fully saturated rings. The number of hydrogen-bond acceptors (Lipinski definition) is 4. The normalized spacial score (nSPS) is 28.6. The Balaban J connectivity index is 1.84. The van der Waals surface area contributed by atoms with Gasteiger partial charge in [-0.3, -0.25) is 10.4 Å². The highest BCUT2D eigenvalue weighted by Crippen LogP contribution is 2.19. The van der Waals surface area contributed by atoms with Crippen LogP contribution in [0.2, 0.25) is 0 Å². The first-order chi connectivity index (χ1) is 7.38. The van der Waals surface area contributed by atoms with Crippen LogP contribution in [0.1, 0.15) is 39.0 Å². The van der Waals surface area contributed by atoms with Crippen molar-refractivity contribution in [1.82, 2.24) is 10.4 Å². The van der Waals surface area contributed by atoms with Gasteiger partial charge in [-0.15, -0.1) is 0 Å². The first-order valence-corrected chi connectivity index (χ1v) is 7.09. The second kappa shape index (κ2) is 5.75. The molecule has 2 aliphatic heterocycles. The van der Waals surface area contributed by atoms with Crippen molar-refractivity contribution in [3.8, 4) is 0 Å². The number of aliphatic imine (C=N–C) groups is 1. The van der Waals surface area contributed by atoms with Gasteiger partial charge in [0, 0.05) is 18.8 Å². The zero-order valence-electron chi connectivity index (χ0n) is 9.54. The maximum absolute atomic E-state index is 4.72. The molecule has 86 valence electrons. The number of hydrogen-bond donors (Lipinski definition) is 1. The van der Waals surface area contributed by atoms with E-state index in [2.05, 4.69) is 17.4 Å². The van der Waals surface area contributed by atoms with Gasteiger partial charge in [-0.25, -0.2) is 5.01 Å². The van der Waals surface area contributed by atoms with Crippen LogP contribution in [0.4, 0.5) is 0 Å². The van der Waals surface area contributed by atoms with Crippen molar-refractivity contribution in [2.45, 2.75) is 45.1 Å². The van der Waals surface area contributed by atoms with Crippen LogP contribution in [0.15, 0.2) is 4.99 Å². The van der Waals surface area contributed by atoms with Gasteiger partial charge in [0.1, 0.15) is 0 Å². The van der Waals surface area contributed by atoms with Gasteiger partial charge in [0.15, 0.2) is 5.17 Å². The maximum atomic E-state index is 4.72. The lowest BCUT2D eigenvalue weighted by molar-refractivity contribution is 0.196. The predicted molar refractivity (Wildman–Crippen MR) is 67.1 cm³/mol. The van der Waals surface area contributed by atoms with Crippen LogP contribution in [0.5, 0.6) is 0 Å². The summed E-state index contributed by atoms with van der Waals surface area (Å²) in [6, 6.07) is 0.554. The fourth-order valence-electron chi connectivity index (χ4n) is 2.06. The van der Waals surface area contributed by atoms with Crippen LogP contribution in [-0.2, 0) is 0 Å². The molecular formula is C11H21N3S. The maximum Gasteiger partial charge on any atom is 0.171 e. The number of nitrogens with one attached hydrogen (secondary N) is 1. The highest BCUT2D eigenvalue weighted by Gasteiger charge is 2.17. The number of thioether (sulfide) groups is 1. The molecule has 1 unspecified atom stereocenters. The van der Waals surface area contributed by atoms with E-state index in [1.807, 2.05) is 11.8 Å². The van der Waals surface area contributed by atoms with Crippen LogP contribution >= 0.6 is 11.8 Å². The largest absolute Gasteiger partial charge is 0.298 e. The van der Waals surface area contributed by atoms with Crippen molar-refractivity contribution in [3.05, 3.63) is 0 Å². The summed E-state index contributed by atoms with van der Waals surface area (Å²) in [5, 5.41) is 3.47. The molecule has 2 aliphatic rings. The van der Waals surface area contributed by atoms with Crippen molar-refractivity contribution in [2.24, 2.45) is 4.99 Å². The third kappa shape index (κ3) is 3.38. The van der Waals surface area contributed by atoms with Crippen LogP contribution in [0.3, 0.4) is 0 Å². The quantitative estimate of drug-likeness (QED) is 0.784. The van der Waals surface area contributed by atoms with Crippen molar-refractivity contribution in [2.75, 3.05) is 18.8 Å². The highest BCUT2D eigenvalue weighted by atomic mass is 32.2. The average molecular weight is 227 g/mol. The van der Waals surface area contributed by atoms with Crippen LogP contribution in [0, 0.1) is 0 Å². The van der Waals surface area contributed by atoms with Crippen molar-refractivity contribution in [3.63, 3.8) is 0 Å². The van der Waals surface area contributed by atoms with Gasteiger partial charge >= 0.3 is 0 Å². The Kier molecular flexibility index (Phi) is 4.32. The lowest BCUT2D eigenvalue weighted by Gasteiger charge is -2.30. The summed E-state index contributed by atoms with van der Waals surface area (Å²) in [5.74, 6) is 1.22. The van der Waals surface area contributed by atoms with E-state index in [1.54, 1.807) is 0 Å². The van der Waals surface area contributed by atoms with E-state index in [0.717, 1.165) is 5.17 Å². The Morgan fingerprint density at radius 3 is 2.93 bits per heavy atom. The van der Waals surface area contributed by atoms with E-state index in [4.69, 9.17) is 4.99 Å². The summed E-state index contributed by atoms with van der Waals surface area (Å²) >= 11 is 1.87. The van der Waals surface area contributed by atoms with Crippen LogP contribution in [-0.4, -0.2) is 35.1 Å². The molecule has 0 amide bonds. The summed E-state index contributed by atoms with van der Waals surface area (Å²) in [6.45, 7) is 4.58. The zero-order valence-corrected chi connectivity index (χ0v) is 10.4. The first kappa shape index (κ1) is 11.3. The second-order valence-corrected chi connectivity index (χ2v) is 5.38. The van der Waals surface area contributed by atoms with E-state index >= 15 is 0 Å². The molecule has 4 heteroatoms. The summed E-state index contributed by atoms with van der Waals surface area (Å²) in [7, 11) is 0. The van der Waals surface area contributed by atoms with Gasteiger partial charge in [-0.05, 0) is 25.7 Å². The van der Waals surface area contributed by atoms with Crippen molar-refractivity contribution < 1.29 is 0 Å². The molecule has 1 saturated heterocycles. The Morgan fingerprint density at radius 1 is 1.40 bits per heavy atom. The number of amidine groups is 1. The van der Waals surface area contributed by atoms with E-state index < -0.39 is 0 Å². The average Bonchev–Trinajstić information content (AvgIpc) is 2.31. The number of piperidine rings is 1. The molecule has 0 aliphatic carbocycles. The van der Waals surface area contributed by atoms with E-state index in [9.17, 15) is 0 Å². The van der Waals surface area contributed by atoms with Gasteiger partial charge in [0.05, 0.1) is 6.04 Å². The topological polar surface area (TPSA) is 27.6 Å². The number of rotatable bonds is 2. The minimum atomic E-state index is 0.554. The van der Waals surface area contributed by atoms with Crippen LogP contribution in [0.25, 0.3) is 0 Å². The molecule has 0 radical (unpaired) electrons. The minimum absolute atomic E-state index is 0.554. The Morgan fingerprint density at radius 2 is 2.20 bits per heavy atom. The van der Waals surface area contributed by atoms with Gasteiger partial charge < -0.3 is 0 Å². The summed E-state index contributed by atoms with van der Waals surface area (Å²) < 4.78 is 0. The van der Waals surface area contributed by atoms with E-state index in [1.165, 1.54) is 50.9 Å². The van der Waals surface area contributed by atoms with Gasteiger partial charge in [-0.2, -0.15) is 0 Å². The third-order valence-electron chi connectivity index (χ3n) is 3.07. The predicted octanol–water partition coefficient (Wildman–Crippen LogP) is 2.25. The van der Waals surface area contributed by atoms with Gasteiger partial charge in [0.25, 0.3) is 0 Å². The van der Waals surface area contributed by atoms with Crippen molar-refractivity contribution >= 4 is 16.9 Å². The molecule has 1 N–H and O–H groups in total. The molecule has 3 nitrogen and oxygen atoms in total. The molecule has 0 aromatic rings. The molecule has 0 aromatic carbocycles. The summed E-state index contributed by atoms with van der Waals surface area (Å²) in [6.07, 6.45) is 6.44. The molecule has 0 saturated carbocycles. The third-order valence-corrected chi connectivity index (χ3v) is 3.98. The molecule has 0 aromatic heterocycles. The second-order valence-electron chi connectivity index (χ2n) is 4.29. The van der Waals surface area contributed by atoms with Crippen LogP contribution < -0.4 is 5.43 Å². The Hall–Kier alpha value is -0.220. The molecule has 0 bridgehead atoms. The first-order valence-electron chi connectivity index (χ1n) is 6.10. The molecule has 2 heterocycles. The zero-order chi connectivity index (χ0) is 10.5. The molecule has 15 heavy (non-hydrogen) atoms. The van der Waals surface area contributed by atoms with Gasteiger partial charge in [-0.1, -0.05) is 25.1 Å². The monoisotopic (exact) mass is 227 g/mol. The van der Waals surface area contributed by atoms with Gasteiger partial charge in [0.2, 0.25) is 0 Å². The highest BCUT2D eigenvalue weighted by molar-refractivity contribution is 8.13. The molecule has 1 atom stereocenters. The number of nitrogens with zero attached hydrogens (tertiary/aromatic N) is 2. The minimum Gasteiger partial charge on any atom is -0.298 e. The fraction of sp³-hybridized carbons (Fsp3) is 0.909. The van der Waals surface area contributed by atoms with Crippen molar-refractivity contribution in [1.29, 1.82) is 0 Å². The summed E-state index contributed by atoms with van der Waals surface area (Å²) in [5.41, 5.74) is 3.47. The Bertz CT molecular complexity index is 224. The lowest BCUT2D eigenvalue weighted by atomic mass is 10.2. The SMILES string of the molecule is CCC1CCSC(NN2CCCCC2)=N1. The molecule has 0 spiro atoms. The Labute approximate surface area is 96.7 Å². The van der Waals surface area contributed by atoms with E-state index in [-0.39, 0.29) is 0 Å². The summed E-state index contributed by atoms with van der Waals surface area (Å²) in [4.78, 5) is 4.72. The lowest BCUT2D eigenvalue weighted by Crippen LogP contribution is -2.45. The fourth-order valence-corrected chi connectivity index (χ4v) is 3.06. The molecular weight excluding hydrogens is 206 g/mol. The standard InChI is InChI=1S/C11H21N3S/c1-2-10-6-9-15-11(12-10)13-14-7-4-3-5-8-14/h10H,2-9H2,1H3,(H,12,13). The molecule has 2 rings (SSSR count).